The summed E-state index contributed by atoms with van der Waals surface area (Å²) in [6.07, 6.45) is 0. The Morgan fingerprint density at radius 3 is 2.79 bits per heavy atom. The molecule has 0 aromatic heterocycles. The Hall–Kier alpha value is -1.77. The van der Waals surface area contributed by atoms with E-state index in [1.807, 2.05) is 25.9 Å². The molecule has 5 heteroatoms. The van der Waals surface area contributed by atoms with Crippen molar-refractivity contribution in [1.29, 1.82) is 5.26 Å². The average Bonchev–Trinajstić information content (AvgIpc) is 2.37. The van der Waals surface area contributed by atoms with E-state index in [1.54, 1.807) is 18.2 Å². The number of rotatable bonds is 7. The molecule has 1 aromatic rings. The van der Waals surface area contributed by atoms with Gasteiger partial charge in [-0.1, -0.05) is 6.07 Å². The fourth-order valence-corrected chi connectivity index (χ4v) is 1.65. The van der Waals surface area contributed by atoms with E-state index < -0.39 is 6.04 Å². The topological polar surface area (TPSA) is 68.5 Å². The maximum atomic E-state index is 9.63. The van der Waals surface area contributed by atoms with Crippen molar-refractivity contribution in [3.8, 4) is 17.6 Å². The lowest BCUT2D eigenvalue weighted by atomic mass is 10.1. The van der Waals surface area contributed by atoms with E-state index in [4.69, 9.17) is 4.74 Å². The highest BCUT2D eigenvalue weighted by molar-refractivity contribution is 5.43. The number of nitrogens with zero attached hydrogens (tertiary/aromatic N) is 2. The molecule has 0 fully saturated rings. The van der Waals surface area contributed by atoms with Crippen LogP contribution in [0.2, 0.25) is 0 Å². The number of phenolic OH excluding ortho intramolecular Hbond substituents is 1. The van der Waals surface area contributed by atoms with Gasteiger partial charge in [0.05, 0.1) is 12.7 Å². The molecule has 19 heavy (non-hydrogen) atoms. The van der Waals surface area contributed by atoms with Crippen LogP contribution in [-0.4, -0.2) is 43.8 Å². The summed E-state index contributed by atoms with van der Waals surface area (Å²) in [5.74, 6) is 0.505. The van der Waals surface area contributed by atoms with E-state index >= 15 is 0 Å². The molecule has 1 aromatic carbocycles. The number of hydrogen-bond donors (Lipinski definition) is 2. The van der Waals surface area contributed by atoms with Crippen molar-refractivity contribution in [2.45, 2.75) is 13.0 Å². The molecule has 1 atom stereocenters. The predicted molar refractivity (Wildman–Crippen MR) is 74.2 cm³/mol. The van der Waals surface area contributed by atoms with E-state index in [0.717, 1.165) is 18.7 Å². The van der Waals surface area contributed by atoms with Gasteiger partial charge in [-0.25, -0.2) is 0 Å². The van der Waals surface area contributed by atoms with Gasteiger partial charge < -0.3 is 14.7 Å². The third-order valence-corrected chi connectivity index (χ3v) is 2.65. The number of nitriles is 1. The first-order valence-corrected chi connectivity index (χ1v) is 6.32. The van der Waals surface area contributed by atoms with Gasteiger partial charge in [-0.2, -0.15) is 5.26 Å². The molecular weight excluding hydrogens is 242 g/mol. The fraction of sp³-hybridized carbons (Fsp3) is 0.500. The summed E-state index contributed by atoms with van der Waals surface area (Å²) in [6, 6.07) is 6.80. The van der Waals surface area contributed by atoms with Crippen molar-refractivity contribution >= 4 is 0 Å². The number of ether oxygens (including phenoxy) is 1. The first kappa shape index (κ1) is 15.3. The van der Waals surface area contributed by atoms with E-state index in [2.05, 4.69) is 11.4 Å². The molecule has 0 saturated carbocycles. The second-order valence-corrected chi connectivity index (χ2v) is 4.48. The van der Waals surface area contributed by atoms with Crippen molar-refractivity contribution < 1.29 is 9.84 Å². The van der Waals surface area contributed by atoms with Gasteiger partial charge in [0.2, 0.25) is 0 Å². The zero-order valence-electron chi connectivity index (χ0n) is 11.7. The van der Waals surface area contributed by atoms with Crippen LogP contribution in [0.5, 0.6) is 11.5 Å². The van der Waals surface area contributed by atoms with Crippen LogP contribution in [0.1, 0.15) is 18.5 Å². The predicted octanol–water partition coefficient (Wildman–Crippen LogP) is 1.51. The summed E-state index contributed by atoms with van der Waals surface area (Å²) in [6.45, 7) is 3.90. The summed E-state index contributed by atoms with van der Waals surface area (Å²) in [4.78, 5) is 2.05. The minimum Gasteiger partial charge on any atom is -0.504 e. The van der Waals surface area contributed by atoms with Crippen LogP contribution in [-0.2, 0) is 0 Å². The van der Waals surface area contributed by atoms with Crippen molar-refractivity contribution in [3.63, 3.8) is 0 Å². The van der Waals surface area contributed by atoms with E-state index in [1.165, 1.54) is 0 Å². The highest BCUT2D eigenvalue weighted by Crippen LogP contribution is 2.29. The molecule has 0 radical (unpaired) electrons. The van der Waals surface area contributed by atoms with Gasteiger partial charge in [0, 0.05) is 13.1 Å². The zero-order chi connectivity index (χ0) is 14.3. The first-order valence-electron chi connectivity index (χ1n) is 6.32. The maximum Gasteiger partial charge on any atom is 0.161 e. The second-order valence-electron chi connectivity index (χ2n) is 4.48. The minimum atomic E-state index is -0.403. The summed E-state index contributed by atoms with van der Waals surface area (Å²) in [7, 11) is 3.97. The Labute approximate surface area is 114 Å². The number of benzene rings is 1. The standard InChI is InChI=1S/C14H21N3O2/c1-4-19-14-9-11(5-6-13(14)18)12(10-15)16-7-8-17(2)3/h5-6,9,12,16,18H,4,7-8H2,1-3H3. The molecular formula is C14H21N3O2. The van der Waals surface area contributed by atoms with Gasteiger partial charge in [0.15, 0.2) is 11.5 Å². The Kier molecular flexibility index (Phi) is 6.13. The first-order chi connectivity index (χ1) is 9.08. The van der Waals surface area contributed by atoms with Crippen molar-refractivity contribution in [2.75, 3.05) is 33.8 Å². The number of phenols is 1. The van der Waals surface area contributed by atoms with E-state index in [9.17, 15) is 10.4 Å². The molecule has 0 aliphatic carbocycles. The molecule has 1 unspecified atom stereocenters. The van der Waals surface area contributed by atoms with Gasteiger partial charge in [-0.05, 0) is 38.7 Å². The van der Waals surface area contributed by atoms with Crippen molar-refractivity contribution in [2.24, 2.45) is 0 Å². The zero-order valence-corrected chi connectivity index (χ0v) is 11.7. The number of likely N-dealkylation sites (N-methyl/N-ethyl adjacent to an activating group) is 1. The molecule has 2 N–H and O–H groups in total. The molecule has 0 heterocycles. The van der Waals surface area contributed by atoms with Crippen molar-refractivity contribution in [3.05, 3.63) is 23.8 Å². The highest BCUT2D eigenvalue weighted by Gasteiger charge is 2.12. The minimum absolute atomic E-state index is 0.0931. The molecule has 0 spiro atoms. The third-order valence-electron chi connectivity index (χ3n) is 2.65. The molecule has 0 amide bonds. The summed E-state index contributed by atoms with van der Waals surface area (Å²) in [5.41, 5.74) is 0.794. The fourth-order valence-electron chi connectivity index (χ4n) is 1.65. The van der Waals surface area contributed by atoms with Crippen LogP contribution >= 0.6 is 0 Å². The van der Waals surface area contributed by atoms with Crippen LogP contribution < -0.4 is 10.1 Å². The van der Waals surface area contributed by atoms with E-state index in [-0.39, 0.29) is 5.75 Å². The summed E-state index contributed by atoms with van der Waals surface area (Å²) < 4.78 is 5.32. The molecule has 104 valence electrons. The van der Waals surface area contributed by atoms with Crippen LogP contribution in [0.25, 0.3) is 0 Å². The molecule has 0 aliphatic rings. The lowest BCUT2D eigenvalue weighted by Crippen LogP contribution is -2.29. The van der Waals surface area contributed by atoms with Crippen LogP contribution in [0.3, 0.4) is 0 Å². The van der Waals surface area contributed by atoms with Gasteiger partial charge in [-0.3, -0.25) is 5.32 Å². The van der Waals surface area contributed by atoms with Gasteiger partial charge in [0.25, 0.3) is 0 Å². The molecule has 5 nitrogen and oxygen atoms in total. The molecule has 1 rings (SSSR count). The lowest BCUT2D eigenvalue weighted by Gasteiger charge is -2.16. The normalized spacial score (nSPS) is 12.2. The van der Waals surface area contributed by atoms with Crippen LogP contribution in [0.15, 0.2) is 18.2 Å². The van der Waals surface area contributed by atoms with Gasteiger partial charge in [-0.15, -0.1) is 0 Å². The van der Waals surface area contributed by atoms with Gasteiger partial charge >= 0.3 is 0 Å². The second kappa shape index (κ2) is 7.62. The SMILES string of the molecule is CCOc1cc(C(C#N)NCCN(C)C)ccc1O. The Morgan fingerprint density at radius 2 is 2.21 bits per heavy atom. The summed E-state index contributed by atoms with van der Waals surface area (Å²) >= 11 is 0. The maximum absolute atomic E-state index is 9.63. The molecule has 0 aliphatic heterocycles. The Bertz CT molecular complexity index is 441. The Balaban J connectivity index is 2.75. The quantitative estimate of drug-likeness (QED) is 0.780. The largest absolute Gasteiger partial charge is 0.504 e. The number of nitrogens with one attached hydrogen (secondary N) is 1. The van der Waals surface area contributed by atoms with Crippen LogP contribution in [0.4, 0.5) is 0 Å². The monoisotopic (exact) mass is 263 g/mol. The summed E-state index contributed by atoms with van der Waals surface area (Å²) in [5, 5.41) is 22.0. The van der Waals surface area contributed by atoms with E-state index in [0.29, 0.717) is 12.4 Å². The van der Waals surface area contributed by atoms with Gasteiger partial charge in [0.1, 0.15) is 6.04 Å². The number of hydrogen-bond acceptors (Lipinski definition) is 5. The third kappa shape index (κ3) is 4.78. The average molecular weight is 263 g/mol. The van der Waals surface area contributed by atoms with Crippen molar-refractivity contribution in [1.82, 2.24) is 10.2 Å². The smallest absolute Gasteiger partial charge is 0.161 e. The Morgan fingerprint density at radius 1 is 1.47 bits per heavy atom. The molecule has 0 saturated heterocycles. The molecule has 0 bridgehead atoms. The lowest BCUT2D eigenvalue weighted by molar-refractivity contribution is 0.317. The number of aromatic hydroxyl groups is 1. The van der Waals surface area contributed by atoms with Crippen LogP contribution in [0, 0.1) is 11.3 Å². The highest BCUT2D eigenvalue weighted by atomic mass is 16.5.